The Bertz CT molecular complexity index is 1540. The molecule has 1 fully saturated rings. The van der Waals surface area contributed by atoms with Gasteiger partial charge in [0.15, 0.2) is 28.8 Å². The second-order valence-corrected chi connectivity index (χ2v) is 8.98. The van der Waals surface area contributed by atoms with Crippen LogP contribution in [0, 0.1) is 22.6 Å². The van der Waals surface area contributed by atoms with Crippen LogP contribution in [-0.4, -0.2) is 28.6 Å². The van der Waals surface area contributed by atoms with Crippen LogP contribution < -0.4 is 9.47 Å². The Kier molecular flexibility index (Phi) is 6.36. The minimum absolute atomic E-state index is 0.101. The highest BCUT2D eigenvalue weighted by atomic mass is 19.1. The van der Waals surface area contributed by atoms with Gasteiger partial charge < -0.3 is 9.47 Å². The number of halogens is 1. The molecule has 0 saturated heterocycles. The Morgan fingerprint density at radius 1 is 0.973 bits per heavy atom. The number of methoxy groups -OCH3 is 1. The first-order chi connectivity index (χ1) is 17.9. The Morgan fingerprint density at radius 2 is 1.59 bits per heavy atom. The van der Waals surface area contributed by atoms with E-state index in [9.17, 15) is 19.2 Å². The van der Waals surface area contributed by atoms with Crippen molar-refractivity contribution in [3.8, 4) is 23.3 Å². The highest BCUT2D eigenvalue weighted by Gasteiger charge is 2.54. The number of carbonyl (C=O) groups is 2. The van der Waals surface area contributed by atoms with Crippen molar-refractivity contribution < 1.29 is 23.5 Å². The molecule has 1 aliphatic rings. The lowest BCUT2D eigenvalue weighted by atomic mass is 9.88. The van der Waals surface area contributed by atoms with Crippen LogP contribution in [0.1, 0.15) is 29.7 Å². The number of ketones is 2. The Hall–Kier alpha value is -4.64. The Balaban J connectivity index is 1.27. The molecule has 0 N–H and O–H groups in total. The molecule has 5 rings (SSSR count). The second kappa shape index (κ2) is 9.78. The molecule has 1 aliphatic carbocycles. The molecule has 0 radical (unpaired) electrons. The average molecular weight is 496 g/mol. The summed E-state index contributed by atoms with van der Waals surface area (Å²) in [5.74, 6) is 0.703. The second-order valence-electron chi connectivity index (χ2n) is 8.98. The summed E-state index contributed by atoms with van der Waals surface area (Å²) in [6, 6.07) is 18.1. The number of ether oxygens (including phenoxy) is 2. The average Bonchev–Trinajstić information content (AvgIpc) is 3.73. The van der Waals surface area contributed by atoms with Crippen molar-refractivity contribution in [2.75, 3.05) is 7.11 Å². The fourth-order valence-electron chi connectivity index (χ4n) is 4.30. The zero-order chi connectivity index (χ0) is 26.0. The maximum atomic E-state index is 13.1. The maximum absolute atomic E-state index is 13.1. The van der Waals surface area contributed by atoms with Crippen LogP contribution in [0.2, 0.25) is 0 Å². The molecule has 0 bridgehead atoms. The normalized spacial score (nSPS) is 13.5. The van der Waals surface area contributed by atoms with Crippen LogP contribution in [0.15, 0.2) is 66.9 Å². The number of hydrogen-bond acceptors (Lipinski definition) is 7. The smallest absolute Gasteiger partial charge is 0.183 e. The van der Waals surface area contributed by atoms with Crippen LogP contribution in [0.5, 0.6) is 17.2 Å². The van der Waals surface area contributed by atoms with Crippen molar-refractivity contribution in [3.05, 3.63) is 89.5 Å². The number of Topliss-reactive ketones (excluding diaryl/α,β-unsaturated/α-hetero) is 2. The predicted molar refractivity (Wildman–Crippen MR) is 133 cm³/mol. The molecule has 0 spiro atoms. The van der Waals surface area contributed by atoms with Gasteiger partial charge in [0.25, 0.3) is 0 Å². The number of benzene rings is 2. The van der Waals surface area contributed by atoms with Crippen molar-refractivity contribution in [1.29, 1.82) is 5.26 Å². The quantitative estimate of drug-likeness (QED) is 0.296. The summed E-state index contributed by atoms with van der Waals surface area (Å²) in [7, 11) is 1.46. The molecule has 1 saturated carbocycles. The summed E-state index contributed by atoms with van der Waals surface area (Å²) in [6.07, 6.45) is 2.93. The van der Waals surface area contributed by atoms with E-state index in [1.54, 1.807) is 54.7 Å². The minimum Gasteiger partial charge on any atom is -0.494 e. The van der Waals surface area contributed by atoms with Gasteiger partial charge in [-0.25, -0.2) is 9.37 Å². The number of nitrogens with zero attached hydrogens (tertiary/aromatic N) is 3. The maximum Gasteiger partial charge on any atom is 0.183 e. The molecule has 7 nitrogen and oxygen atoms in total. The molecule has 184 valence electrons. The topological polar surface area (TPSA) is 102 Å². The molecule has 37 heavy (non-hydrogen) atoms. The fourth-order valence-corrected chi connectivity index (χ4v) is 4.30. The van der Waals surface area contributed by atoms with E-state index in [-0.39, 0.29) is 35.9 Å². The number of aromatic nitrogens is 2. The summed E-state index contributed by atoms with van der Waals surface area (Å²) in [5, 5.41) is 9.36. The van der Waals surface area contributed by atoms with Gasteiger partial charge in [-0.2, -0.15) is 5.26 Å². The Morgan fingerprint density at radius 3 is 2.16 bits per heavy atom. The molecule has 0 atom stereocenters. The van der Waals surface area contributed by atoms with Gasteiger partial charge in [0, 0.05) is 31.2 Å². The Labute approximate surface area is 212 Å². The van der Waals surface area contributed by atoms with E-state index < -0.39 is 5.41 Å². The van der Waals surface area contributed by atoms with E-state index >= 15 is 0 Å². The van der Waals surface area contributed by atoms with Crippen LogP contribution in [-0.2, 0) is 22.4 Å². The van der Waals surface area contributed by atoms with Gasteiger partial charge in [0.1, 0.15) is 23.2 Å². The monoisotopic (exact) mass is 495 g/mol. The number of carbonyl (C=O) groups excluding carboxylic acids is 2. The SMILES string of the molecule is COc1cc2nccc(Oc3ccc(CC(=O)C4(C(=O)Cc5ccc(F)cc5)CC4)cc3)c2nc1C#N. The molecule has 0 aliphatic heterocycles. The first-order valence-corrected chi connectivity index (χ1v) is 11.7. The van der Waals surface area contributed by atoms with Gasteiger partial charge in [0.2, 0.25) is 0 Å². The van der Waals surface area contributed by atoms with Crippen LogP contribution in [0.3, 0.4) is 0 Å². The van der Waals surface area contributed by atoms with Gasteiger partial charge in [-0.05, 0) is 48.2 Å². The first-order valence-electron chi connectivity index (χ1n) is 11.7. The minimum atomic E-state index is -0.940. The summed E-state index contributed by atoms with van der Waals surface area (Å²) < 4.78 is 24.3. The predicted octanol–water partition coefficient (Wildman–Crippen LogP) is 5.15. The van der Waals surface area contributed by atoms with E-state index in [1.807, 2.05) is 6.07 Å². The van der Waals surface area contributed by atoms with Crippen molar-refractivity contribution in [1.82, 2.24) is 9.97 Å². The van der Waals surface area contributed by atoms with Crippen LogP contribution in [0.4, 0.5) is 4.39 Å². The largest absolute Gasteiger partial charge is 0.494 e. The summed E-state index contributed by atoms with van der Waals surface area (Å²) >= 11 is 0. The first kappa shape index (κ1) is 24.1. The van der Waals surface area contributed by atoms with Crippen molar-refractivity contribution in [2.24, 2.45) is 5.41 Å². The molecule has 2 heterocycles. The summed E-state index contributed by atoms with van der Waals surface area (Å²) in [6.45, 7) is 0. The lowest BCUT2D eigenvalue weighted by molar-refractivity contribution is -0.133. The van der Waals surface area contributed by atoms with Gasteiger partial charge in [0.05, 0.1) is 18.0 Å². The third-order valence-corrected chi connectivity index (χ3v) is 6.58. The van der Waals surface area contributed by atoms with Gasteiger partial charge in [-0.3, -0.25) is 14.6 Å². The third kappa shape index (κ3) is 4.89. The zero-order valence-electron chi connectivity index (χ0n) is 20.0. The van der Waals surface area contributed by atoms with Crippen molar-refractivity contribution >= 4 is 22.6 Å². The van der Waals surface area contributed by atoms with E-state index in [1.165, 1.54) is 19.2 Å². The van der Waals surface area contributed by atoms with E-state index in [2.05, 4.69) is 9.97 Å². The number of hydrogen-bond donors (Lipinski definition) is 0. The number of pyridine rings is 2. The van der Waals surface area contributed by atoms with E-state index in [0.29, 0.717) is 46.7 Å². The van der Waals surface area contributed by atoms with E-state index in [4.69, 9.17) is 9.47 Å². The summed E-state index contributed by atoms with van der Waals surface area (Å²) in [5.41, 5.74) is 1.61. The number of fused-ring (bicyclic) bond motifs is 1. The van der Waals surface area contributed by atoms with Crippen LogP contribution in [0.25, 0.3) is 11.0 Å². The number of rotatable bonds is 9. The summed E-state index contributed by atoms with van der Waals surface area (Å²) in [4.78, 5) is 34.6. The molecule has 4 aromatic rings. The molecular weight excluding hydrogens is 473 g/mol. The molecular formula is C29H22FN3O4. The standard InChI is InChI=1S/C29H22FN3O4/c1-36-25-16-22-28(33-23(25)17-31)24(10-13-32-22)37-21-8-4-19(5-9-21)15-27(35)29(11-12-29)26(34)14-18-2-6-20(30)7-3-18/h2-10,13,16H,11-12,14-15H2,1H3. The highest BCUT2D eigenvalue weighted by Crippen LogP contribution is 2.48. The van der Waals surface area contributed by atoms with Crippen molar-refractivity contribution in [3.63, 3.8) is 0 Å². The highest BCUT2D eigenvalue weighted by molar-refractivity contribution is 6.10. The lowest BCUT2D eigenvalue weighted by Crippen LogP contribution is -2.28. The van der Waals surface area contributed by atoms with Crippen molar-refractivity contribution in [2.45, 2.75) is 25.7 Å². The van der Waals surface area contributed by atoms with Gasteiger partial charge in [-0.1, -0.05) is 24.3 Å². The number of nitriles is 1. The third-order valence-electron chi connectivity index (χ3n) is 6.58. The lowest BCUT2D eigenvalue weighted by Gasteiger charge is -2.14. The fraction of sp³-hybridized carbons (Fsp3) is 0.207. The molecule has 0 amide bonds. The van der Waals surface area contributed by atoms with Crippen LogP contribution >= 0.6 is 0 Å². The van der Waals surface area contributed by atoms with Gasteiger partial charge >= 0.3 is 0 Å². The molecule has 8 heteroatoms. The molecule has 2 aromatic heterocycles. The van der Waals surface area contributed by atoms with E-state index in [0.717, 1.165) is 5.56 Å². The van der Waals surface area contributed by atoms with Gasteiger partial charge in [-0.15, -0.1) is 0 Å². The molecule has 2 aromatic carbocycles. The molecule has 0 unspecified atom stereocenters. The zero-order valence-corrected chi connectivity index (χ0v) is 20.0.